The van der Waals surface area contributed by atoms with Gasteiger partial charge in [0.2, 0.25) is 5.82 Å². The van der Waals surface area contributed by atoms with E-state index in [9.17, 15) is 9.59 Å². The molecular formula is C18H15N7O3. The van der Waals surface area contributed by atoms with Crippen LogP contribution in [-0.2, 0) is 6.54 Å². The fourth-order valence-electron chi connectivity index (χ4n) is 2.72. The fourth-order valence-corrected chi connectivity index (χ4v) is 2.72. The van der Waals surface area contributed by atoms with E-state index in [1.165, 1.54) is 0 Å². The third kappa shape index (κ3) is 3.43. The highest BCUT2D eigenvalue weighted by atomic mass is 16.5. The number of methoxy groups -OCH3 is 1. The fraction of sp³-hybridized carbons (Fsp3) is 0.111. The Hall–Kier alpha value is -4.08. The predicted molar refractivity (Wildman–Crippen MR) is 99.7 cm³/mol. The number of fused-ring (bicyclic) bond motifs is 1. The topological polar surface area (TPSA) is 139 Å². The van der Waals surface area contributed by atoms with Crippen molar-refractivity contribution < 1.29 is 9.53 Å². The van der Waals surface area contributed by atoms with E-state index < -0.39 is 11.5 Å². The van der Waals surface area contributed by atoms with Crippen LogP contribution in [0.2, 0.25) is 0 Å². The summed E-state index contributed by atoms with van der Waals surface area (Å²) in [6.45, 7) is 0.272. The highest BCUT2D eigenvalue weighted by molar-refractivity contribution is 5.93. The van der Waals surface area contributed by atoms with E-state index in [0.29, 0.717) is 28.0 Å². The molecule has 10 heteroatoms. The van der Waals surface area contributed by atoms with Crippen LogP contribution in [-0.4, -0.2) is 43.6 Å². The summed E-state index contributed by atoms with van der Waals surface area (Å²) in [6, 6.07) is 12.3. The molecule has 28 heavy (non-hydrogen) atoms. The van der Waals surface area contributed by atoms with Crippen LogP contribution in [0, 0.1) is 0 Å². The number of aromatic amines is 2. The van der Waals surface area contributed by atoms with E-state index in [4.69, 9.17) is 4.74 Å². The van der Waals surface area contributed by atoms with Crippen LogP contribution in [0.4, 0.5) is 0 Å². The number of nitrogens with one attached hydrogen (secondary N) is 3. The average Bonchev–Trinajstić information content (AvgIpc) is 3.27. The van der Waals surface area contributed by atoms with E-state index in [0.717, 1.165) is 5.56 Å². The number of hydrogen-bond acceptors (Lipinski definition) is 7. The first-order valence-electron chi connectivity index (χ1n) is 8.33. The Bertz CT molecular complexity index is 1200. The Kier molecular flexibility index (Phi) is 4.50. The zero-order chi connectivity index (χ0) is 19.5. The monoisotopic (exact) mass is 377 g/mol. The molecule has 0 atom stereocenters. The number of carbonyl (C=O) groups is 1. The number of tetrazole rings is 1. The van der Waals surface area contributed by atoms with Gasteiger partial charge >= 0.3 is 0 Å². The van der Waals surface area contributed by atoms with Crippen molar-refractivity contribution in [1.82, 2.24) is 35.9 Å². The minimum atomic E-state index is -0.482. The molecule has 0 spiro atoms. The largest absolute Gasteiger partial charge is 0.497 e. The molecule has 3 N–H and O–H groups in total. The number of aromatic nitrogens is 6. The Morgan fingerprint density at radius 1 is 1.21 bits per heavy atom. The zero-order valence-electron chi connectivity index (χ0n) is 14.8. The molecule has 0 fully saturated rings. The number of benzene rings is 2. The molecule has 0 saturated carbocycles. The van der Waals surface area contributed by atoms with Crippen LogP contribution in [0.3, 0.4) is 0 Å². The van der Waals surface area contributed by atoms with Crippen LogP contribution in [0.25, 0.3) is 22.3 Å². The smallest absolute Gasteiger partial charge is 0.287 e. The van der Waals surface area contributed by atoms with Gasteiger partial charge in [0.05, 0.1) is 18.0 Å². The molecule has 4 aromatic rings. The molecular weight excluding hydrogens is 362 g/mol. The Morgan fingerprint density at radius 3 is 2.89 bits per heavy atom. The van der Waals surface area contributed by atoms with E-state index in [2.05, 4.69) is 35.9 Å². The number of hydrogen-bond donors (Lipinski definition) is 3. The van der Waals surface area contributed by atoms with Gasteiger partial charge in [-0.3, -0.25) is 9.59 Å². The lowest BCUT2D eigenvalue weighted by molar-refractivity contribution is 0.0940. The highest BCUT2D eigenvalue weighted by Crippen LogP contribution is 2.18. The minimum Gasteiger partial charge on any atom is -0.497 e. The average molecular weight is 377 g/mol. The van der Waals surface area contributed by atoms with Crippen molar-refractivity contribution in [2.75, 3.05) is 7.11 Å². The lowest BCUT2D eigenvalue weighted by Gasteiger charge is -2.07. The van der Waals surface area contributed by atoms with E-state index in [1.54, 1.807) is 25.3 Å². The van der Waals surface area contributed by atoms with Crippen molar-refractivity contribution in [2.45, 2.75) is 6.54 Å². The van der Waals surface area contributed by atoms with Gasteiger partial charge < -0.3 is 15.0 Å². The molecule has 4 rings (SSSR count). The van der Waals surface area contributed by atoms with Crippen LogP contribution in [0.15, 0.2) is 47.3 Å². The standard InChI is InChI=1S/C18H15N7O3/c1-28-12-4-2-3-10(7-12)9-19-18(27)16-20-14-6-5-11(15-22-24-25-23-15)8-13(14)17(26)21-16/h2-8H,9H2,1H3,(H,19,27)(H,20,21,26)(H,22,23,24,25). The summed E-state index contributed by atoms with van der Waals surface area (Å²) >= 11 is 0. The summed E-state index contributed by atoms with van der Waals surface area (Å²) in [7, 11) is 1.57. The number of nitrogens with zero attached hydrogens (tertiary/aromatic N) is 4. The first kappa shape index (κ1) is 17.3. The van der Waals surface area contributed by atoms with Gasteiger partial charge in [0.25, 0.3) is 11.5 Å². The molecule has 1 amide bonds. The second-order valence-electron chi connectivity index (χ2n) is 5.92. The minimum absolute atomic E-state index is 0.0623. The van der Waals surface area contributed by atoms with Gasteiger partial charge in [0, 0.05) is 12.1 Å². The molecule has 0 aliphatic carbocycles. The Morgan fingerprint density at radius 2 is 2.11 bits per heavy atom. The highest BCUT2D eigenvalue weighted by Gasteiger charge is 2.13. The third-order valence-electron chi connectivity index (χ3n) is 4.11. The lowest BCUT2D eigenvalue weighted by atomic mass is 10.1. The van der Waals surface area contributed by atoms with Crippen molar-refractivity contribution in [3.63, 3.8) is 0 Å². The lowest BCUT2D eigenvalue weighted by Crippen LogP contribution is -2.27. The van der Waals surface area contributed by atoms with Gasteiger partial charge in [0.15, 0.2) is 5.82 Å². The normalized spacial score (nSPS) is 10.8. The molecule has 0 aliphatic rings. The van der Waals surface area contributed by atoms with Crippen molar-refractivity contribution in [3.05, 3.63) is 64.2 Å². The van der Waals surface area contributed by atoms with Crippen LogP contribution >= 0.6 is 0 Å². The van der Waals surface area contributed by atoms with Crippen molar-refractivity contribution in [1.29, 1.82) is 0 Å². The SMILES string of the molecule is COc1cccc(CNC(=O)c2nc3ccc(-c4nn[nH]n4)cc3c(=O)[nH]2)c1. The summed E-state index contributed by atoms with van der Waals surface area (Å²) in [4.78, 5) is 31.6. The molecule has 0 bridgehead atoms. The first-order chi connectivity index (χ1) is 13.6. The van der Waals surface area contributed by atoms with Gasteiger partial charge in [-0.05, 0) is 41.1 Å². The zero-order valence-corrected chi connectivity index (χ0v) is 14.8. The number of carbonyl (C=O) groups excluding carboxylic acids is 1. The number of amides is 1. The number of rotatable bonds is 5. The van der Waals surface area contributed by atoms with E-state index in [-0.39, 0.29) is 12.4 Å². The number of ether oxygens (including phenoxy) is 1. The summed E-state index contributed by atoms with van der Waals surface area (Å²) in [5.74, 6) is 0.513. The molecule has 2 aromatic heterocycles. The van der Waals surface area contributed by atoms with Gasteiger partial charge in [-0.1, -0.05) is 12.1 Å². The molecule has 0 unspecified atom stereocenters. The maximum absolute atomic E-state index is 12.4. The molecule has 0 radical (unpaired) electrons. The quantitative estimate of drug-likeness (QED) is 0.472. The van der Waals surface area contributed by atoms with Crippen molar-refractivity contribution in [3.8, 4) is 17.1 Å². The second kappa shape index (κ2) is 7.27. The van der Waals surface area contributed by atoms with Crippen LogP contribution in [0.5, 0.6) is 5.75 Å². The van der Waals surface area contributed by atoms with E-state index >= 15 is 0 Å². The molecule has 2 aromatic carbocycles. The summed E-state index contributed by atoms with van der Waals surface area (Å²) in [6.07, 6.45) is 0. The maximum Gasteiger partial charge on any atom is 0.287 e. The molecule has 140 valence electrons. The van der Waals surface area contributed by atoms with Gasteiger partial charge in [0.1, 0.15) is 5.75 Å². The summed E-state index contributed by atoms with van der Waals surface area (Å²) in [5.41, 5.74) is 1.44. The molecule has 0 aliphatic heterocycles. The van der Waals surface area contributed by atoms with Gasteiger partial charge in [-0.25, -0.2) is 4.98 Å². The number of H-pyrrole nitrogens is 2. The predicted octanol–water partition coefficient (Wildman–Crippen LogP) is 1.04. The van der Waals surface area contributed by atoms with E-state index in [1.807, 2.05) is 24.3 Å². The first-order valence-corrected chi connectivity index (χ1v) is 8.33. The van der Waals surface area contributed by atoms with Crippen molar-refractivity contribution >= 4 is 16.8 Å². The Balaban J connectivity index is 1.57. The molecule has 10 nitrogen and oxygen atoms in total. The molecule has 0 saturated heterocycles. The van der Waals surface area contributed by atoms with Crippen LogP contribution in [0.1, 0.15) is 16.2 Å². The Labute approximate surface area is 158 Å². The third-order valence-corrected chi connectivity index (χ3v) is 4.11. The van der Waals surface area contributed by atoms with Crippen LogP contribution < -0.4 is 15.6 Å². The second-order valence-corrected chi connectivity index (χ2v) is 5.92. The van der Waals surface area contributed by atoms with Gasteiger partial charge in [-0.2, -0.15) is 5.21 Å². The maximum atomic E-state index is 12.4. The summed E-state index contributed by atoms with van der Waals surface area (Å²) in [5, 5.41) is 16.7. The summed E-state index contributed by atoms with van der Waals surface area (Å²) < 4.78 is 5.16. The van der Waals surface area contributed by atoms with Gasteiger partial charge in [-0.15, -0.1) is 10.2 Å². The molecule has 2 heterocycles. The van der Waals surface area contributed by atoms with Crippen molar-refractivity contribution in [2.24, 2.45) is 0 Å².